The number of primary amides is 1. The molecule has 21 heavy (non-hydrogen) atoms. The Balaban J connectivity index is 1.98. The fourth-order valence-electron chi connectivity index (χ4n) is 2.79. The number of thioether (sulfide) groups is 1. The minimum atomic E-state index is -0.386. The van der Waals surface area contributed by atoms with E-state index in [1.165, 1.54) is 21.2 Å². The molecule has 0 saturated heterocycles. The van der Waals surface area contributed by atoms with Crippen molar-refractivity contribution in [1.82, 2.24) is 0 Å². The van der Waals surface area contributed by atoms with Crippen LogP contribution in [0.4, 0.5) is 0 Å². The maximum atomic E-state index is 11.3. The van der Waals surface area contributed by atoms with Crippen LogP contribution in [0, 0.1) is 0 Å². The van der Waals surface area contributed by atoms with Crippen LogP contribution in [0.1, 0.15) is 15.9 Å². The Bertz CT molecular complexity index is 927. The van der Waals surface area contributed by atoms with Crippen molar-refractivity contribution in [3.8, 4) is 0 Å². The molecule has 1 amide bonds. The third-order valence-electron chi connectivity index (χ3n) is 3.89. The van der Waals surface area contributed by atoms with Crippen LogP contribution in [0.2, 0.25) is 0 Å². The molecule has 3 aromatic carbocycles. The molecule has 2 N–H and O–H groups in total. The number of carbonyl (C=O) groups is 1. The Morgan fingerprint density at radius 1 is 0.952 bits per heavy atom. The van der Waals surface area contributed by atoms with Gasteiger partial charge in [0.1, 0.15) is 0 Å². The molecule has 0 unspecified atom stereocenters. The minimum absolute atomic E-state index is 0.386. The van der Waals surface area contributed by atoms with E-state index < -0.39 is 0 Å². The summed E-state index contributed by atoms with van der Waals surface area (Å²) in [6.45, 7) is 0. The molecule has 0 bridgehead atoms. The summed E-state index contributed by atoms with van der Waals surface area (Å²) in [4.78, 5) is 12.6. The topological polar surface area (TPSA) is 43.1 Å². The monoisotopic (exact) mass is 291 g/mol. The number of fused-ring (bicyclic) bond motifs is 3. The first-order valence-electron chi connectivity index (χ1n) is 6.83. The molecular formula is C18H13NOS. The van der Waals surface area contributed by atoms with Crippen LogP contribution in [-0.4, -0.2) is 5.91 Å². The van der Waals surface area contributed by atoms with Gasteiger partial charge in [-0.2, -0.15) is 0 Å². The van der Waals surface area contributed by atoms with Gasteiger partial charge >= 0.3 is 0 Å². The fraction of sp³-hybridized carbons (Fsp3) is 0.0556. The zero-order valence-electron chi connectivity index (χ0n) is 11.3. The van der Waals surface area contributed by atoms with E-state index in [-0.39, 0.29) is 5.91 Å². The van der Waals surface area contributed by atoms with Gasteiger partial charge < -0.3 is 5.73 Å². The summed E-state index contributed by atoms with van der Waals surface area (Å²) in [5.74, 6) is -0.386. The van der Waals surface area contributed by atoms with Crippen LogP contribution in [0.15, 0.2) is 58.8 Å². The number of nitrogens with two attached hydrogens (primary N) is 1. The summed E-state index contributed by atoms with van der Waals surface area (Å²) in [6.07, 6.45) is 3.19. The second-order valence-corrected chi connectivity index (χ2v) is 6.23. The Labute approximate surface area is 126 Å². The van der Waals surface area contributed by atoms with Gasteiger partial charge in [-0.3, -0.25) is 4.79 Å². The Morgan fingerprint density at radius 3 is 2.57 bits per heavy atom. The summed E-state index contributed by atoms with van der Waals surface area (Å²) >= 11 is 1.76. The molecule has 0 atom stereocenters. The van der Waals surface area contributed by atoms with Crippen molar-refractivity contribution < 1.29 is 4.79 Å². The lowest BCUT2D eigenvalue weighted by molar-refractivity contribution is 0.100. The summed E-state index contributed by atoms with van der Waals surface area (Å²) in [5, 5.41) is 6.76. The lowest BCUT2D eigenvalue weighted by atomic mass is 9.99. The highest BCUT2D eigenvalue weighted by Gasteiger charge is 2.09. The molecule has 0 saturated carbocycles. The number of hydrogen-bond acceptors (Lipinski definition) is 2. The summed E-state index contributed by atoms with van der Waals surface area (Å²) in [6, 6.07) is 14.4. The van der Waals surface area contributed by atoms with Crippen molar-refractivity contribution in [2.24, 2.45) is 5.73 Å². The average molecular weight is 291 g/mol. The van der Waals surface area contributed by atoms with Crippen molar-refractivity contribution in [3.05, 3.63) is 65.1 Å². The van der Waals surface area contributed by atoms with Crippen molar-refractivity contribution in [1.29, 1.82) is 0 Å². The van der Waals surface area contributed by atoms with E-state index in [0.717, 1.165) is 17.2 Å². The van der Waals surface area contributed by atoms with Gasteiger partial charge in [-0.1, -0.05) is 23.9 Å². The standard InChI is InChI=1S/C18H13NOS/c19-18(20)13-4-3-11-6-15-7-12-2-1-5-21-17(12)10-16(15)9-14(11)8-13/h1,3-10H,2H2,(H2,19,20). The molecule has 0 radical (unpaired) electrons. The molecule has 1 aliphatic heterocycles. The van der Waals surface area contributed by atoms with Crippen LogP contribution in [0.25, 0.3) is 21.5 Å². The van der Waals surface area contributed by atoms with Gasteiger partial charge in [0.25, 0.3) is 0 Å². The highest BCUT2D eigenvalue weighted by Crippen LogP contribution is 2.34. The van der Waals surface area contributed by atoms with Crippen molar-refractivity contribution >= 4 is 39.2 Å². The number of hydrogen-bond donors (Lipinski definition) is 1. The van der Waals surface area contributed by atoms with Gasteiger partial charge in [-0.25, -0.2) is 0 Å². The maximum Gasteiger partial charge on any atom is 0.248 e. The second kappa shape index (κ2) is 4.64. The van der Waals surface area contributed by atoms with Crippen LogP contribution in [0.5, 0.6) is 0 Å². The van der Waals surface area contributed by atoms with E-state index >= 15 is 0 Å². The predicted molar refractivity (Wildman–Crippen MR) is 88.7 cm³/mol. The average Bonchev–Trinajstić information content (AvgIpc) is 2.50. The third kappa shape index (κ3) is 2.10. The zero-order chi connectivity index (χ0) is 14.4. The van der Waals surface area contributed by atoms with E-state index in [9.17, 15) is 4.79 Å². The van der Waals surface area contributed by atoms with Crippen LogP contribution < -0.4 is 5.73 Å². The van der Waals surface area contributed by atoms with E-state index in [1.54, 1.807) is 17.8 Å². The highest BCUT2D eigenvalue weighted by atomic mass is 32.2. The molecule has 1 aliphatic rings. The number of benzene rings is 3. The largest absolute Gasteiger partial charge is 0.366 e. The van der Waals surface area contributed by atoms with Crippen LogP contribution >= 0.6 is 11.8 Å². The van der Waals surface area contributed by atoms with Gasteiger partial charge in [-0.15, -0.1) is 0 Å². The normalized spacial score (nSPS) is 13.5. The first-order chi connectivity index (χ1) is 10.2. The van der Waals surface area contributed by atoms with Crippen molar-refractivity contribution in [2.75, 3.05) is 0 Å². The van der Waals surface area contributed by atoms with Crippen LogP contribution in [-0.2, 0) is 6.42 Å². The van der Waals surface area contributed by atoms with Gasteiger partial charge in [0.2, 0.25) is 5.91 Å². The highest BCUT2D eigenvalue weighted by molar-refractivity contribution is 8.02. The lowest BCUT2D eigenvalue weighted by Gasteiger charge is -2.12. The molecule has 102 valence electrons. The van der Waals surface area contributed by atoms with Gasteiger partial charge in [-0.05, 0) is 75.3 Å². The first-order valence-corrected chi connectivity index (χ1v) is 7.70. The molecule has 3 heteroatoms. The fourth-order valence-corrected chi connectivity index (χ4v) is 3.62. The molecular weight excluding hydrogens is 278 g/mol. The van der Waals surface area contributed by atoms with Gasteiger partial charge in [0, 0.05) is 10.5 Å². The molecule has 0 aliphatic carbocycles. The van der Waals surface area contributed by atoms with E-state index in [4.69, 9.17) is 5.73 Å². The number of carbonyl (C=O) groups excluding carboxylic acids is 1. The molecule has 0 aromatic heterocycles. The molecule has 3 aromatic rings. The molecule has 2 nitrogen and oxygen atoms in total. The molecule has 4 rings (SSSR count). The van der Waals surface area contributed by atoms with E-state index in [0.29, 0.717) is 5.56 Å². The van der Waals surface area contributed by atoms with Gasteiger partial charge in [0.05, 0.1) is 0 Å². The Morgan fingerprint density at radius 2 is 1.71 bits per heavy atom. The molecule has 0 spiro atoms. The lowest BCUT2D eigenvalue weighted by Crippen LogP contribution is -2.10. The number of amides is 1. The smallest absolute Gasteiger partial charge is 0.248 e. The first kappa shape index (κ1) is 12.5. The molecule has 1 heterocycles. The quantitative estimate of drug-likeness (QED) is 0.681. The Hall–Kier alpha value is -2.26. The summed E-state index contributed by atoms with van der Waals surface area (Å²) in [7, 11) is 0. The SMILES string of the molecule is NC(=O)c1ccc2cc3cc4c(cc3cc2c1)SC=CC4. The van der Waals surface area contributed by atoms with E-state index in [2.05, 4.69) is 35.7 Å². The van der Waals surface area contributed by atoms with E-state index in [1.807, 2.05) is 12.1 Å². The number of allylic oxidation sites excluding steroid dienone is 1. The second-order valence-electron chi connectivity index (χ2n) is 5.28. The van der Waals surface area contributed by atoms with Gasteiger partial charge in [0.15, 0.2) is 0 Å². The minimum Gasteiger partial charge on any atom is -0.366 e. The number of rotatable bonds is 1. The maximum absolute atomic E-state index is 11.3. The molecule has 0 fully saturated rings. The summed E-state index contributed by atoms with van der Waals surface area (Å²) < 4.78 is 0. The summed E-state index contributed by atoms with van der Waals surface area (Å²) in [5.41, 5.74) is 7.29. The van der Waals surface area contributed by atoms with Crippen LogP contribution in [0.3, 0.4) is 0 Å². The zero-order valence-corrected chi connectivity index (χ0v) is 12.1. The Kier molecular flexibility index (Phi) is 2.76. The van der Waals surface area contributed by atoms with Crippen molar-refractivity contribution in [2.45, 2.75) is 11.3 Å². The third-order valence-corrected chi connectivity index (χ3v) is 4.85. The van der Waals surface area contributed by atoms with Crippen molar-refractivity contribution in [3.63, 3.8) is 0 Å². The predicted octanol–water partition coefficient (Wildman–Crippen LogP) is 4.25.